The molecule has 2 aromatic carbocycles. The van der Waals surface area contributed by atoms with Gasteiger partial charge >= 0.3 is 0 Å². The average Bonchev–Trinajstić information content (AvgIpc) is 2.84. The molecule has 0 saturated heterocycles. The summed E-state index contributed by atoms with van der Waals surface area (Å²) < 4.78 is 27.1. The maximum atomic E-state index is 13.5. The molecule has 0 unspecified atom stereocenters. The first kappa shape index (κ1) is 30.3. The van der Waals surface area contributed by atoms with Crippen molar-refractivity contribution in [2.24, 2.45) is 5.73 Å². The van der Waals surface area contributed by atoms with Crippen molar-refractivity contribution in [3.63, 3.8) is 0 Å². The molecule has 0 heterocycles. The number of hydrogen-bond donors (Lipinski definition) is 3. The standard InChI is InChI=1S/C28H39F2N3O4/c1-5-7-32(8-6-2)27(36)21-9-18(3)10-22(14-21)28(37)33(19(4)17-34)16-26(35)25(31)13-20-11-23(29)15-24(30)12-20/h9-12,14-15,19,25-26,34-35H,5-8,13,16-17,31H2,1-4H3/t19-,25-,26+/m0/s1. The Labute approximate surface area is 217 Å². The molecular weight excluding hydrogens is 480 g/mol. The van der Waals surface area contributed by atoms with Gasteiger partial charge in [-0.05, 0) is 74.6 Å². The highest BCUT2D eigenvalue weighted by atomic mass is 19.1. The molecule has 204 valence electrons. The Morgan fingerprint density at radius 3 is 2.00 bits per heavy atom. The highest BCUT2D eigenvalue weighted by Gasteiger charge is 2.28. The molecule has 0 aliphatic carbocycles. The van der Waals surface area contributed by atoms with Crippen LogP contribution in [0.5, 0.6) is 0 Å². The molecule has 0 aliphatic rings. The molecule has 3 atom stereocenters. The Balaban J connectivity index is 2.27. The molecule has 2 aromatic rings. The molecule has 0 bridgehead atoms. The van der Waals surface area contributed by atoms with Crippen molar-refractivity contribution < 1.29 is 28.6 Å². The zero-order valence-corrected chi connectivity index (χ0v) is 22.1. The van der Waals surface area contributed by atoms with Gasteiger partial charge < -0.3 is 25.7 Å². The summed E-state index contributed by atoms with van der Waals surface area (Å²) in [5, 5.41) is 20.6. The van der Waals surface area contributed by atoms with E-state index >= 15 is 0 Å². The summed E-state index contributed by atoms with van der Waals surface area (Å²) in [4.78, 5) is 29.7. The Bertz CT molecular complexity index is 1040. The van der Waals surface area contributed by atoms with E-state index in [4.69, 9.17) is 5.73 Å². The molecule has 37 heavy (non-hydrogen) atoms. The Kier molecular flexibility index (Phi) is 11.6. The number of nitrogens with two attached hydrogens (primary N) is 1. The van der Waals surface area contributed by atoms with Gasteiger partial charge in [-0.2, -0.15) is 0 Å². The smallest absolute Gasteiger partial charge is 0.254 e. The van der Waals surface area contributed by atoms with Crippen LogP contribution in [-0.4, -0.2) is 76.3 Å². The molecule has 0 saturated carbocycles. The van der Waals surface area contributed by atoms with E-state index in [1.807, 2.05) is 13.8 Å². The first-order valence-corrected chi connectivity index (χ1v) is 12.7. The Morgan fingerprint density at radius 2 is 1.49 bits per heavy atom. The number of aliphatic hydroxyl groups excluding tert-OH is 2. The number of hydrogen-bond acceptors (Lipinski definition) is 5. The van der Waals surface area contributed by atoms with Crippen LogP contribution in [0.4, 0.5) is 8.78 Å². The van der Waals surface area contributed by atoms with Crippen LogP contribution in [0.1, 0.15) is 65.5 Å². The molecule has 0 aliphatic heterocycles. The van der Waals surface area contributed by atoms with Gasteiger partial charge in [-0.1, -0.05) is 13.8 Å². The number of nitrogens with zero attached hydrogens (tertiary/aromatic N) is 2. The topological polar surface area (TPSA) is 107 Å². The molecule has 0 aromatic heterocycles. The fourth-order valence-corrected chi connectivity index (χ4v) is 4.27. The van der Waals surface area contributed by atoms with Crippen molar-refractivity contribution >= 4 is 11.8 Å². The summed E-state index contributed by atoms with van der Waals surface area (Å²) in [5.41, 5.74) is 7.77. The van der Waals surface area contributed by atoms with Gasteiger partial charge in [0.05, 0.1) is 18.8 Å². The second kappa shape index (κ2) is 14.2. The van der Waals surface area contributed by atoms with E-state index in [-0.39, 0.29) is 36.6 Å². The van der Waals surface area contributed by atoms with Crippen LogP contribution >= 0.6 is 0 Å². The molecule has 7 nitrogen and oxygen atoms in total. The maximum Gasteiger partial charge on any atom is 0.254 e. The third-order valence-electron chi connectivity index (χ3n) is 6.17. The van der Waals surface area contributed by atoms with Gasteiger partial charge in [0.2, 0.25) is 0 Å². The number of aryl methyl sites for hydroxylation is 1. The molecule has 0 spiro atoms. The minimum absolute atomic E-state index is 0.0147. The highest BCUT2D eigenvalue weighted by molar-refractivity contribution is 6.00. The van der Waals surface area contributed by atoms with Crippen molar-refractivity contribution in [1.29, 1.82) is 0 Å². The third-order valence-corrected chi connectivity index (χ3v) is 6.17. The summed E-state index contributed by atoms with van der Waals surface area (Å²) in [5.74, 6) is -2.13. The van der Waals surface area contributed by atoms with Gasteiger partial charge in [0.1, 0.15) is 11.6 Å². The van der Waals surface area contributed by atoms with Gasteiger partial charge in [-0.25, -0.2) is 8.78 Å². The SMILES string of the molecule is CCCN(CCC)C(=O)c1cc(C)cc(C(=O)N(C[C@@H](O)[C@@H](N)Cc2cc(F)cc(F)c2)[C@@H](C)CO)c1. The molecule has 4 N–H and O–H groups in total. The quantitative estimate of drug-likeness (QED) is 0.377. The van der Waals surface area contributed by atoms with E-state index in [0.717, 1.165) is 36.6 Å². The van der Waals surface area contributed by atoms with Crippen LogP contribution in [-0.2, 0) is 6.42 Å². The fraction of sp³-hybridized carbons (Fsp3) is 0.500. The number of carbonyl (C=O) groups excluding carboxylic acids is 2. The van der Waals surface area contributed by atoms with E-state index in [1.165, 1.54) is 11.0 Å². The number of carbonyl (C=O) groups is 2. The summed E-state index contributed by atoms with van der Waals surface area (Å²) in [6.45, 7) is 8.06. The summed E-state index contributed by atoms with van der Waals surface area (Å²) in [6.07, 6.45) is 0.371. The number of benzene rings is 2. The number of rotatable bonds is 13. The maximum absolute atomic E-state index is 13.5. The molecule has 0 radical (unpaired) electrons. The molecule has 9 heteroatoms. The first-order valence-electron chi connectivity index (χ1n) is 12.7. The van der Waals surface area contributed by atoms with Crippen molar-refractivity contribution in [3.8, 4) is 0 Å². The largest absolute Gasteiger partial charge is 0.394 e. The van der Waals surface area contributed by atoms with E-state index in [2.05, 4.69) is 0 Å². The first-order chi connectivity index (χ1) is 17.5. The van der Waals surface area contributed by atoms with Crippen LogP contribution < -0.4 is 5.73 Å². The van der Waals surface area contributed by atoms with E-state index < -0.39 is 35.7 Å². The van der Waals surface area contributed by atoms with Crippen LogP contribution in [0, 0.1) is 18.6 Å². The summed E-state index contributed by atoms with van der Waals surface area (Å²) in [7, 11) is 0. The third kappa shape index (κ3) is 8.59. The second-order valence-electron chi connectivity index (χ2n) is 9.58. The lowest BCUT2D eigenvalue weighted by Gasteiger charge is -2.32. The zero-order chi connectivity index (χ0) is 27.7. The lowest BCUT2D eigenvalue weighted by atomic mass is 10.00. The van der Waals surface area contributed by atoms with E-state index in [1.54, 1.807) is 30.9 Å². The van der Waals surface area contributed by atoms with Crippen LogP contribution in [0.15, 0.2) is 36.4 Å². The van der Waals surface area contributed by atoms with Crippen molar-refractivity contribution in [2.45, 2.75) is 65.1 Å². The van der Waals surface area contributed by atoms with Crippen molar-refractivity contribution in [1.82, 2.24) is 9.80 Å². The number of halogens is 2. The van der Waals surface area contributed by atoms with Crippen molar-refractivity contribution in [3.05, 3.63) is 70.3 Å². The normalized spacial score (nSPS) is 13.6. The number of amides is 2. The Morgan fingerprint density at radius 1 is 0.946 bits per heavy atom. The Hall–Kier alpha value is -2.88. The molecule has 2 amide bonds. The average molecular weight is 520 g/mol. The van der Waals surface area contributed by atoms with Gasteiger partial charge in [0.25, 0.3) is 11.8 Å². The molecular formula is C28H39F2N3O4. The van der Waals surface area contributed by atoms with Gasteiger partial charge in [0.15, 0.2) is 0 Å². The van der Waals surface area contributed by atoms with Crippen molar-refractivity contribution in [2.75, 3.05) is 26.2 Å². The summed E-state index contributed by atoms with van der Waals surface area (Å²) in [6, 6.07) is 6.38. The summed E-state index contributed by atoms with van der Waals surface area (Å²) >= 11 is 0. The molecule has 2 rings (SSSR count). The lowest BCUT2D eigenvalue weighted by molar-refractivity contribution is 0.0390. The highest BCUT2D eigenvalue weighted by Crippen LogP contribution is 2.18. The van der Waals surface area contributed by atoms with Crippen LogP contribution in [0.25, 0.3) is 0 Å². The predicted molar refractivity (Wildman–Crippen MR) is 139 cm³/mol. The predicted octanol–water partition coefficient (Wildman–Crippen LogP) is 3.29. The molecule has 0 fully saturated rings. The zero-order valence-electron chi connectivity index (χ0n) is 22.1. The van der Waals surface area contributed by atoms with Gasteiger partial charge in [-0.3, -0.25) is 9.59 Å². The van der Waals surface area contributed by atoms with E-state index in [0.29, 0.717) is 18.7 Å². The van der Waals surface area contributed by atoms with Gasteiger partial charge in [-0.15, -0.1) is 0 Å². The lowest BCUT2D eigenvalue weighted by Crippen LogP contribution is -2.50. The monoisotopic (exact) mass is 519 g/mol. The number of aliphatic hydroxyl groups is 2. The van der Waals surface area contributed by atoms with E-state index in [9.17, 15) is 28.6 Å². The second-order valence-corrected chi connectivity index (χ2v) is 9.58. The van der Waals surface area contributed by atoms with Crippen LogP contribution in [0.2, 0.25) is 0 Å². The fourth-order valence-electron chi connectivity index (χ4n) is 4.27. The van der Waals surface area contributed by atoms with Crippen LogP contribution in [0.3, 0.4) is 0 Å². The minimum atomic E-state index is -1.24. The van der Waals surface area contributed by atoms with Gasteiger partial charge in [0, 0.05) is 42.9 Å². The minimum Gasteiger partial charge on any atom is -0.394 e.